The number of unbranched alkanes of at least 4 members (excludes halogenated alkanes) is 19. The number of hydrogen-bond donors (Lipinski definition) is 6. The van der Waals surface area contributed by atoms with E-state index in [2.05, 4.69) is 26.0 Å². The average Bonchev–Trinajstić information content (AvgIpc) is 3.09. The van der Waals surface area contributed by atoms with Gasteiger partial charge in [0.05, 0.1) is 13.2 Å². The van der Waals surface area contributed by atoms with E-state index in [1.165, 1.54) is 96.3 Å². The number of hydrogen-bond acceptors (Lipinski definition) is 10. The zero-order chi connectivity index (χ0) is 35.7. The molecule has 0 saturated carbocycles. The highest BCUT2D eigenvalue weighted by Crippen LogP contribution is 2.22. The number of rotatable bonds is 30. The Morgan fingerprint density at radius 3 is 1.67 bits per heavy atom. The maximum atomic E-state index is 11.4. The molecule has 0 aromatic carbocycles. The molecule has 1 rings (SSSR count). The number of ether oxygens (including phenoxy) is 3. The Morgan fingerprint density at radius 2 is 1.17 bits per heavy atom. The molecule has 1 saturated heterocycles. The molecule has 2 unspecified atom stereocenters. The SMILES string of the molecule is CCCCCCCC/C=C\CCCCCCCC(=O)OCC(O)CO.CCCCCCCCCCCO[C@H]1C(O)O[C@H](CO)[C@@H](O)[C@@H]1O. The Bertz CT molecular complexity index is 722. The van der Waals surface area contributed by atoms with Gasteiger partial charge in [0.2, 0.25) is 0 Å². The lowest BCUT2D eigenvalue weighted by atomic mass is 9.99. The van der Waals surface area contributed by atoms with E-state index in [-0.39, 0.29) is 19.2 Å². The average molecular weight is 691 g/mol. The molecular formula is C38H74O10. The predicted molar refractivity (Wildman–Crippen MR) is 190 cm³/mol. The quantitative estimate of drug-likeness (QED) is 0.0288. The lowest BCUT2D eigenvalue weighted by molar-refractivity contribution is -0.296. The van der Waals surface area contributed by atoms with Crippen molar-refractivity contribution in [3.63, 3.8) is 0 Å². The van der Waals surface area contributed by atoms with Gasteiger partial charge in [0.15, 0.2) is 6.29 Å². The van der Waals surface area contributed by atoms with Crippen molar-refractivity contribution in [3.8, 4) is 0 Å². The lowest BCUT2D eigenvalue weighted by Crippen LogP contribution is -2.59. The molecule has 1 aliphatic heterocycles. The predicted octanol–water partition coefficient (Wildman–Crippen LogP) is 6.25. The largest absolute Gasteiger partial charge is 0.463 e. The third kappa shape index (κ3) is 26.7. The molecule has 0 aromatic heterocycles. The van der Waals surface area contributed by atoms with Crippen molar-refractivity contribution in [2.45, 2.75) is 198 Å². The molecule has 0 aliphatic carbocycles. The van der Waals surface area contributed by atoms with Gasteiger partial charge in [-0.15, -0.1) is 0 Å². The molecular weight excluding hydrogens is 616 g/mol. The first-order valence-electron chi connectivity index (χ1n) is 19.3. The van der Waals surface area contributed by atoms with Crippen LogP contribution in [0.1, 0.15) is 162 Å². The smallest absolute Gasteiger partial charge is 0.305 e. The van der Waals surface area contributed by atoms with Gasteiger partial charge in [-0.1, -0.05) is 129 Å². The first kappa shape index (κ1) is 46.9. The van der Waals surface area contributed by atoms with Gasteiger partial charge in [0, 0.05) is 13.0 Å². The second-order valence-electron chi connectivity index (χ2n) is 13.2. The molecule has 0 radical (unpaired) electrons. The summed E-state index contributed by atoms with van der Waals surface area (Å²) in [5, 5.41) is 56.2. The van der Waals surface area contributed by atoms with Gasteiger partial charge >= 0.3 is 5.97 Å². The second-order valence-corrected chi connectivity index (χ2v) is 13.2. The number of aliphatic hydroxyl groups excluding tert-OH is 6. The summed E-state index contributed by atoms with van der Waals surface area (Å²) in [5.41, 5.74) is 0. The van der Waals surface area contributed by atoms with Crippen LogP contribution in [0.25, 0.3) is 0 Å². The van der Waals surface area contributed by atoms with Crippen molar-refractivity contribution in [2.75, 3.05) is 26.4 Å². The van der Waals surface area contributed by atoms with E-state index < -0.39 is 43.4 Å². The van der Waals surface area contributed by atoms with E-state index in [0.717, 1.165) is 44.9 Å². The van der Waals surface area contributed by atoms with Crippen LogP contribution in [-0.2, 0) is 19.0 Å². The maximum absolute atomic E-state index is 11.4. The van der Waals surface area contributed by atoms with Crippen LogP contribution in [0.3, 0.4) is 0 Å². The molecule has 0 spiro atoms. The summed E-state index contributed by atoms with van der Waals surface area (Å²) in [6.07, 6.45) is 25.1. The molecule has 0 amide bonds. The van der Waals surface area contributed by atoms with Crippen LogP contribution in [0.15, 0.2) is 12.2 Å². The van der Waals surface area contributed by atoms with E-state index in [1.54, 1.807) is 0 Å². The lowest BCUT2D eigenvalue weighted by Gasteiger charge is -2.39. The van der Waals surface area contributed by atoms with Gasteiger partial charge in [0.25, 0.3) is 0 Å². The number of carbonyl (C=O) groups is 1. The fraction of sp³-hybridized carbons (Fsp3) is 0.921. The maximum Gasteiger partial charge on any atom is 0.305 e. The summed E-state index contributed by atoms with van der Waals surface area (Å²) >= 11 is 0. The van der Waals surface area contributed by atoms with Crippen molar-refractivity contribution in [2.24, 2.45) is 0 Å². The highest BCUT2D eigenvalue weighted by Gasteiger charge is 2.44. The van der Waals surface area contributed by atoms with Crippen molar-refractivity contribution >= 4 is 5.97 Å². The van der Waals surface area contributed by atoms with Crippen LogP contribution in [0.2, 0.25) is 0 Å². The highest BCUT2D eigenvalue weighted by molar-refractivity contribution is 5.69. The number of esters is 1. The summed E-state index contributed by atoms with van der Waals surface area (Å²) in [4.78, 5) is 11.4. The van der Waals surface area contributed by atoms with Crippen LogP contribution in [0.4, 0.5) is 0 Å². The summed E-state index contributed by atoms with van der Waals surface area (Å²) in [6.45, 7) is 3.94. The minimum Gasteiger partial charge on any atom is -0.463 e. The summed E-state index contributed by atoms with van der Waals surface area (Å²) < 4.78 is 15.4. The van der Waals surface area contributed by atoms with Crippen LogP contribution in [0.5, 0.6) is 0 Å². The Hall–Kier alpha value is -1.11. The molecule has 1 aliphatic rings. The van der Waals surface area contributed by atoms with E-state index in [0.29, 0.717) is 13.0 Å². The van der Waals surface area contributed by atoms with E-state index in [9.17, 15) is 20.1 Å². The van der Waals surface area contributed by atoms with Gasteiger partial charge in [-0.2, -0.15) is 0 Å². The van der Waals surface area contributed by atoms with Crippen LogP contribution >= 0.6 is 0 Å². The summed E-state index contributed by atoms with van der Waals surface area (Å²) in [5.74, 6) is -0.287. The Morgan fingerprint density at radius 1 is 0.688 bits per heavy atom. The van der Waals surface area contributed by atoms with Gasteiger partial charge in [0.1, 0.15) is 37.1 Å². The topological polar surface area (TPSA) is 166 Å². The Kier molecular flexibility index (Phi) is 33.5. The minimum atomic E-state index is -1.33. The van der Waals surface area contributed by atoms with Crippen molar-refractivity contribution in [3.05, 3.63) is 12.2 Å². The van der Waals surface area contributed by atoms with E-state index in [4.69, 9.17) is 29.5 Å². The van der Waals surface area contributed by atoms with Crippen LogP contribution in [0, 0.1) is 0 Å². The molecule has 0 bridgehead atoms. The van der Waals surface area contributed by atoms with Crippen LogP contribution < -0.4 is 0 Å². The zero-order valence-corrected chi connectivity index (χ0v) is 30.5. The molecule has 1 fully saturated rings. The molecule has 0 aromatic rings. The minimum absolute atomic E-state index is 0.111. The normalized spacial score (nSPS) is 21.6. The van der Waals surface area contributed by atoms with Gasteiger partial charge < -0.3 is 44.8 Å². The first-order valence-corrected chi connectivity index (χ1v) is 19.3. The molecule has 6 atom stereocenters. The standard InChI is InChI=1S/C21H40O4.C17H34O6/c1-2-3-4-5-6-7-8-9-10-11-12-13-14-15-16-17-21(24)25-19-20(23)18-22;1-2-3-4-5-6-7-8-9-10-11-22-16-15(20)14(19)13(12-18)23-17(16)21/h9-10,20,22-23H,2-8,11-19H2,1H3;13-21H,2-12H2,1H3/b10-9-;/t;13-,14-,15+,16-,17?/m.1/s1. The molecule has 1 heterocycles. The van der Waals surface area contributed by atoms with Crippen molar-refractivity contribution in [1.82, 2.24) is 0 Å². The molecule has 10 heteroatoms. The fourth-order valence-electron chi connectivity index (χ4n) is 5.54. The van der Waals surface area contributed by atoms with Crippen molar-refractivity contribution in [1.29, 1.82) is 0 Å². The highest BCUT2D eigenvalue weighted by atomic mass is 16.7. The fourth-order valence-corrected chi connectivity index (χ4v) is 5.54. The number of aliphatic hydroxyl groups is 6. The Balaban J connectivity index is 0.000000923. The third-order valence-corrected chi connectivity index (χ3v) is 8.69. The molecule has 6 N–H and O–H groups in total. The monoisotopic (exact) mass is 691 g/mol. The van der Waals surface area contributed by atoms with Gasteiger partial charge in [-0.25, -0.2) is 0 Å². The van der Waals surface area contributed by atoms with Crippen molar-refractivity contribution < 1.29 is 49.6 Å². The van der Waals surface area contributed by atoms with E-state index >= 15 is 0 Å². The second kappa shape index (κ2) is 34.3. The summed E-state index contributed by atoms with van der Waals surface area (Å²) in [6, 6.07) is 0. The van der Waals surface area contributed by atoms with E-state index in [1.807, 2.05) is 0 Å². The zero-order valence-electron chi connectivity index (χ0n) is 30.5. The Labute approximate surface area is 292 Å². The summed E-state index contributed by atoms with van der Waals surface area (Å²) in [7, 11) is 0. The number of carbonyl (C=O) groups excluding carboxylic acids is 1. The third-order valence-electron chi connectivity index (χ3n) is 8.69. The van der Waals surface area contributed by atoms with Crippen LogP contribution in [-0.4, -0.2) is 99.8 Å². The van der Waals surface area contributed by atoms with Gasteiger partial charge in [-0.3, -0.25) is 4.79 Å². The number of allylic oxidation sites excluding steroid dienone is 2. The molecule has 48 heavy (non-hydrogen) atoms. The first-order chi connectivity index (χ1) is 23.3. The molecule has 10 nitrogen and oxygen atoms in total. The molecule has 286 valence electrons. The van der Waals surface area contributed by atoms with Gasteiger partial charge in [-0.05, 0) is 38.5 Å².